The molecule has 3 rings (SSSR count). The molecule has 142 valence electrons. The summed E-state index contributed by atoms with van der Waals surface area (Å²) >= 11 is 0. The lowest BCUT2D eigenvalue weighted by atomic mass is 10.2. The number of nitrogens with one attached hydrogen (secondary N) is 2. The monoisotopic (exact) mass is 369 g/mol. The Morgan fingerprint density at radius 3 is 2.11 bits per heavy atom. The van der Waals surface area contributed by atoms with E-state index in [0.29, 0.717) is 36.9 Å². The molecule has 0 atom stereocenters. The number of amides is 2. The van der Waals surface area contributed by atoms with Crippen LogP contribution in [0.25, 0.3) is 0 Å². The minimum absolute atomic E-state index is 0.0649. The van der Waals surface area contributed by atoms with E-state index in [2.05, 4.69) is 15.5 Å². The molecule has 1 saturated heterocycles. The van der Waals surface area contributed by atoms with Gasteiger partial charge in [-0.15, -0.1) is 0 Å². The number of anilines is 2. The van der Waals surface area contributed by atoms with E-state index >= 15 is 0 Å². The molecule has 7 heteroatoms. The quantitative estimate of drug-likeness (QED) is 0.780. The summed E-state index contributed by atoms with van der Waals surface area (Å²) in [5, 5.41) is 5.62. The number of hydrogen-bond donors (Lipinski definition) is 2. The second-order valence-corrected chi connectivity index (χ2v) is 6.16. The van der Waals surface area contributed by atoms with Crippen molar-refractivity contribution in [2.45, 2.75) is 0 Å². The van der Waals surface area contributed by atoms with Gasteiger partial charge in [0.25, 0.3) is 5.91 Å². The average Bonchev–Trinajstić information content (AvgIpc) is 2.69. The molecule has 2 N–H and O–H groups in total. The highest BCUT2D eigenvalue weighted by Gasteiger charge is 2.14. The van der Waals surface area contributed by atoms with Crippen LogP contribution in [-0.2, 0) is 14.3 Å². The topological polar surface area (TPSA) is 79.9 Å². The molecule has 7 nitrogen and oxygen atoms in total. The zero-order chi connectivity index (χ0) is 18.9. The first-order chi connectivity index (χ1) is 13.2. The van der Waals surface area contributed by atoms with Crippen molar-refractivity contribution in [2.24, 2.45) is 0 Å². The van der Waals surface area contributed by atoms with Gasteiger partial charge in [-0.1, -0.05) is 18.2 Å². The van der Waals surface area contributed by atoms with Gasteiger partial charge in [-0.05, 0) is 36.4 Å². The summed E-state index contributed by atoms with van der Waals surface area (Å²) in [6.07, 6.45) is 0. The van der Waals surface area contributed by atoms with E-state index in [1.165, 1.54) is 0 Å². The summed E-state index contributed by atoms with van der Waals surface area (Å²) in [5.41, 5.74) is 1.33. The molecule has 0 radical (unpaired) electrons. The Morgan fingerprint density at radius 1 is 0.889 bits per heavy atom. The van der Waals surface area contributed by atoms with Crippen LogP contribution in [0.1, 0.15) is 0 Å². The summed E-state index contributed by atoms with van der Waals surface area (Å²) in [7, 11) is 0. The predicted molar refractivity (Wildman–Crippen MR) is 103 cm³/mol. The molecule has 1 heterocycles. The largest absolute Gasteiger partial charge is 0.484 e. The standard InChI is InChI=1S/C20H23N3O4/c24-19(14-23-10-12-26-13-11-23)21-16-6-8-17(9-7-16)22-20(25)15-27-18-4-2-1-3-5-18/h1-9H,10-15H2,(H,21,24)(H,22,25). The molecule has 2 aromatic rings. The van der Waals surface area contributed by atoms with E-state index < -0.39 is 0 Å². The fraction of sp³-hybridized carbons (Fsp3) is 0.300. The molecule has 0 unspecified atom stereocenters. The van der Waals surface area contributed by atoms with Crippen LogP contribution in [0.5, 0.6) is 5.75 Å². The number of nitrogens with zero attached hydrogens (tertiary/aromatic N) is 1. The molecule has 27 heavy (non-hydrogen) atoms. The minimum atomic E-state index is -0.247. The summed E-state index contributed by atoms with van der Waals surface area (Å²) in [6.45, 7) is 3.14. The smallest absolute Gasteiger partial charge is 0.262 e. The molecule has 0 spiro atoms. The third-order valence-electron chi connectivity index (χ3n) is 4.04. The first-order valence-electron chi connectivity index (χ1n) is 8.87. The van der Waals surface area contributed by atoms with Crippen molar-refractivity contribution in [2.75, 3.05) is 50.1 Å². The first kappa shape index (κ1) is 18.9. The Morgan fingerprint density at radius 2 is 1.48 bits per heavy atom. The molecule has 0 saturated carbocycles. The molecule has 1 fully saturated rings. The maximum atomic E-state index is 12.1. The lowest BCUT2D eigenvalue weighted by Gasteiger charge is -2.25. The van der Waals surface area contributed by atoms with Gasteiger partial charge in [0.05, 0.1) is 19.8 Å². The lowest BCUT2D eigenvalue weighted by Crippen LogP contribution is -2.41. The van der Waals surface area contributed by atoms with Gasteiger partial charge in [0.15, 0.2) is 6.61 Å². The molecular formula is C20H23N3O4. The van der Waals surface area contributed by atoms with Crippen molar-refractivity contribution < 1.29 is 19.1 Å². The Kier molecular flexibility index (Phi) is 6.78. The number of rotatable bonds is 7. The van der Waals surface area contributed by atoms with Gasteiger partial charge in [-0.25, -0.2) is 0 Å². The van der Waals surface area contributed by atoms with Crippen molar-refractivity contribution in [1.82, 2.24) is 4.90 Å². The van der Waals surface area contributed by atoms with Crippen molar-refractivity contribution >= 4 is 23.2 Å². The number of para-hydroxylation sites is 1. The Bertz CT molecular complexity index is 744. The molecule has 0 aromatic heterocycles. The maximum Gasteiger partial charge on any atom is 0.262 e. The van der Waals surface area contributed by atoms with Crippen LogP contribution in [0.4, 0.5) is 11.4 Å². The van der Waals surface area contributed by atoms with Crippen molar-refractivity contribution in [3.63, 3.8) is 0 Å². The second kappa shape index (κ2) is 9.70. The number of hydrogen-bond acceptors (Lipinski definition) is 5. The van der Waals surface area contributed by atoms with E-state index in [1.807, 2.05) is 18.2 Å². The Labute approximate surface area is 158 Å². The molecule has 2 aromatic carbocycles. The lowest BCUT2D eigenvalue weighted by molar-refractivity contribution is -0.119. The van der Waals surface area contributed by atoms with E-state index in [1.54, 1.807) is 36.4 Å². The van der Waals surface area contributed by atoms with Gasteiger partial charge in [0.1, 0.15) is 5.75 Å². The van der Waals surface area contributed by atoms with Gasteiger partial charge in [-0.2, -0.15) is 0 Å². The molecular weight excluding hydrogens is 346 g/mol. The number of morpholine rings is 1. The fourth-order valence-corrected chi connectivity index (χ4v) is 2.66. The minimum Gasteiger partial charge on any atom is -0.484 e. The number of benzene rings is 2. The summed E-state index contributed by atoms with van der Waals surface area (Å²) in [6, 6.07) is 16.2. The Hall–Kier alpha value is -2.90. The number of carbonyl (C=O) groups is 2. The highest BCUT2D eigenvalue weighted by molar-refractivity contribution is 5.94. The predicted octanol–water partition coefficient (Wildman–Crippen LogP) is 1.97. The molecule has 0 aliphatic carbocycles. The van der Waals surface area contributed by atoms with Crippen LogP contribution < -0.4 is 15.4 Å². The van der Waals surface area contributed by atoms with Crippen molar-refractivity contribution in [3.05, 3.63) is 54.6 Å². The Balaban J connectivity index is 1.42. The zero-order valence-electron chi connectivity index (χ0n) is 15.0. The first-order valence-corrected chi connectivity index (χ1v) is 8.87. The zero-order valence-corrected chi connectivity index (χ0v) is 15.0. The summed E-state index contributed by atoms with van der Waals surface area (Å²) in [4.78, 5) is 26.1. The van der Waals surface area contributed by atoms with Gasteiger partial charge in [0.2, 0.25) is 5.91 Å². The van der Waals surface area contributed by atoms with Gasteiger partial charge in [-0.3, -0.25) is 14.5 Å². The number of ether oxygens (including phenoxy) is 2. The normalized spacial score (nSPS) is 14.4. The second-order valence-electron chi connectivity index (χ2n) is 6.16. The molecule has 2 amide bonds. The van der Waals surface area contributed by atoms with Gasteiger partial charge >= 0.3 is 0 Å². The van der Waals surface area contributed by atoms with E-state index in [4.69, 9.17) is 9.47 Å². The van der Waals surface area contributed by atoms with Crippen LogP contribution in [0.2, 0.25) is 0 Å². The molecule has 1 aliphatic heterocycles. The third kappa shape index (κ3) is 6.40. The SMILES string of the molecule is O=C(COc1ccccc1)Nc1ccc(NC(=O)CN2CCOCC2)cc1. The van der Waals surface area contributed by atoms with Crippen LogP contribution in [-0.4, -0.2) is 56.2 Å². The average molecular weight is 369 g/mol. The third-order valence-corrected chi connectivity index (χ3v) is 4.04. The van der Waals surface area contributed by atoms with E-state index in [0.717, 1.165) is 13.1 Å². The molecule has 1 aliphatic rings. The van der Waals surface area contributed by atoms with Crippen LogP contribution >= 0.6 is 0 Å². The van der Waals surface area contributed by atoms with Crippen molar-refractivity contribution in [1.29, 1.82) is 0 Å². The fourth-order valence-electron chi connectivity index (χ4n) is 2.66. The van der Waals surface area contributed by atoms with Crippen LogP contribution in [0.3, 0.4) is 0 Å². The molecule has 0 bridgehead atoms. The van der Waals surface area contributed by atoms with Gasteiger partial charge < -0.3 is 20.1 Å². The van der Waals surface area contributed by atoms with Crippen molar-refractivity contribution in [3.8, 4) is 5.75 Å². The van der Waals surface area contributed by atoms with E-state index in [9.17, 15) is 9.59 Å². The highest BCUT2D eigenvalue weighted by Crippen LogP contribution is 2.14. The maximum absolute atomic E-state index is 12.1. The number of carbonyl (C=O) groups excluding carboxylic acids is 2. The van der Waals surface area contributed by atoms with E-state index in [-0.39, 0.29) is 18.4 Å². The van der Waals surface area contributed by atoms with Crippen LogP contribution in [0.15, 0.2) is 54.6 Å². The van der Waals surface area contributed by atoms with Gasteiger partial charge in [0, 0.05) is 24.5 Å². The highest BCUT2D eigenvalue weighted by atomic mass is 16.5. The summed E-state index contributed by atoms with van der Waals surface area (Å²) in [5.74, 6) is 0.332. The summed E-state index contributed by atoms with van der Waals surface area (Å²) < 4.78 is 10.7. The van der Waals surface area contributed by atoms with Crippen LogP contribution in [0, 0.1) is 0 Å².